The van der Waals surface area contributed by atoms with Crippen LogP contribution in [0.2, 0.25) is 0 Å². The number of hydrogen-bond acceptors (Lipinski definition) is 4. The van der Waals surface area contributed by atoms with Crippen LogP contribution in [0.3, 0.4) is 0 Å². The number of halogens is 2. The Kier molecular flexibility index (Phi) is 7.48. The highest BCUT2D eigenvalue weighted by atomic mass is 32.2. The van der Waals surface area contributed by atoms with E-state index in [0.29, 0.717) is 0 Å². The van der Waals surface area contributed by atoms with Crippen LogP contribution < -0.4 is 5.32 Å². The standard InChI is InChI=1S/C23H27F2N3O4S/c1-15(2)21(26-22(29)20-18(24)5-4-6-19(20)25)23(30)27-11-13-28(14-12-27)33(31,32)17-9-7-16(3)8-10-17/h4-10,15,21H,11-14H2,1-3H3,(H,26,29)/t21-/m0/s1. The lowest BCUT2D eigenvalue weighted by molar-refractivity contribution is -0.135. The highest BCUT2D eigenvalue weighted by Crippen LogP contribution is 2.20. The Morgan fingerprint density at radius 1 is 0.939 bits per heavy atom. The molecule has 178 valence electrons. The Morgan fingerprint density at radius 2 is 1.48 bits per heavy atom. The molecular formula is C23H27F2N3O4S. The number of nitrogens with zero attached hydrogens (tertiary/aromatic N) is 2. The first-order chi connectivity index (χ1) is 15.5. The van der Waals surface area contributed by atoms with Gasteiger partial charge >= 0.3 is 0 Å². The monoisotopic (exact) mass is 479 g/mol. The molecule has 10 heteroatoms. The molecule has 1 fully saturated rings. The molecule has 0 bridgehead atoms. The molecule has 0 aromatic heterocycles. The van der Waals surface area contributed by atoms with E-state index in [0.717, 1.165) is 23.8 Å². The van der Waals surface area contributed by atoms with Gasteiger partial charge in [-0.3, -0.25) is 9.59 Å². The van der Waals surface area contributed by atoms with E-state index in [4.69, 9.17) is 0 Å². The summed E-state index contributed by atoms with van der Waals surface area (Å²) in [6.45, 7) is 5.75. The molecular weight excluding hydrogens is 452 g/mol. The van der Waals surface area contributed by atoms with Gasteiger partial charge < -0.3 is 10.2 Å². The van der Waals surface area contributed by atoms with Crippen LogP contribution in [0.15, 0.2) is 47.4 Å². The van der Waals surface area contributed by atoms with Gasteiger partial charge in [0.1, 0.15) is 23.2 Å². The SMILES string of the molecule is Cc1ccc(S(=O)(=O)N2CCN(C(=O)[C@@H](NC(=O)c3c(F)cccc3F)C(C)C)CC2)cc1. The summed E-state index contributed by atoms with van der Waals surface area (Å²) in [7, 11) is -3.69. The summed E-state index contributed by atoms with van der Waals surface area (Å²) in [4.78, 5) is 27.2. The van der Waals surface area contributed by atoms with Crippen LogP contribution in [-0.4, -0.2) is 61.7 Å². The molecule has 1 N–H and O–H groups in total. The third kappa shape index (κ3) is 5.39. The Bertz CT molecular complexity index is 1110. The van der Waals surface area contributed by atoms with Crippen molar-refractivity contribution in [3.05, 3.63) is 65.2 Å². The average molecular weight is 480 g/mol. The first kappa shape index (κ1) is 24.8. The van der Waals surface area contributed by atoms with Gasteiger partial charge in [0, 0.05) is 26.2 Å². The van der Waals surface area contributed by atoms with Gasteiger partial charge in [-0.15, -0.1) is 0 Å². The van der Waals surface area contributed by atoms with Crippen LogP contribution in [0.25, 0.3) is 0 Å². The minimum absolute atomic E-state index is 0.0999. The predicted molar refractivity (Wildman–Crippen MR) is 119 cm³/mol. The summed E-state index contributed by atoms with van der Waals surface area (Å²) >= 11 is 0. The van der Waals surface area contributed by atoms with Gasteiger partial charge in [-0.25, -0.2) is 17.2 Å². The second-order valence-corrected chi connectivity index (χ2v) is 10.3. The van der Waals surface area contributed by atoms with Gasteiger partial charge in [-0.2, -0.15) is 4.31 Å². The molecule has 2 aromatic rings. The minimum atomic E-state index is -3.69. The fourth-order valence-corrected chi connectivity index (χ4v) is 5.07. The van der Waals surface area contributed by atoms with Gasteiger partial charge in [0.2, 0.25) is 15.9 Å². The number of rotatable bonds is 6. The largest absolute Gasteiger partial charge is 0.340 e. The zero-order chi connectivity index (χ0) is 24.3. The van der Waals surface area contributed by atoms with E-state index >= 15 is 0 Å². The molecule has 33 heavy (non-hydrogen) atoms. The molecule has 7 nitrogen and oxygen atoms in total. The average Bonchev–Trinajstić information content (AvgIpc) is 2.77. The summed E-state index contributed by atoms with van der Waals surface area (Å²) in [5.41, 5.74) is 0.200. The van der Waals surface area contributed by atoms with E-state index in [9.17, 15) is 26.8 Å². The maximum absolute atomic E-state index is 14.0. The van der Waals surface area contributed by atoms with Crippen molar-refractivity contribution in [1.82, 2.24) is 14.5 Å². The third-order valence-corrected chi connectivity index (χ3v) is 7.53. The fraction of sp³-hybridized carbons (Fsp3) is 0.391. The van der Waals surface area contributed by atoms with E-state index in [1.807, 2.05) is 6.92 Å². The van der Waals surface area contributed by atoms with Gasteiger partial charge in [0.15, 0.2) is 0 Å². The predicted octanol–water partition coefficient (Wildman–Crippen LogP) is 2.56. The van der Waals surface area contributed by atoms with Gasteiger partial charge in [0.05, 0.1) is 4.90 Å². The van der Waals surface area contributed by atoms with Crippen molar-refractivity contribution in [1.29, 1.82) is 0 Å². The lowest BCUT2D eigenvalue weighted by Gasteiger charge is -2.36. The lowest BCUT2D eigenvalue weighted by Crippen LogP contribution is -2.57. The second kappa shape index (κ2) is 9.96. The molecule has 3 rings (SSSR count). The smallest absolute Gasteiger partial charge is 0.257 e. The van der Waals surface area contributed by atoms with Crippen LogP contribution in [0, 0.1) is 24.5 Å². The topological polar surface area (TPSA) is 86.8 Å². The second-order valence-electron chi connectivity index (χ2n) is 8.33. The van der Waals surface area contributed by atoms with Crippen LogP contribution in [0.4, 0.5) is 8.78 Å². The summed E-state index contributed by atoms with van der Waals surface area (Å²) in [5.74, 6) is -3.83. The molecule has 0 unspecified atom stereocenters. The molecule has 0 spiro atoms. The number of sulfonamides is 1. The van der Waals surface area contributed by atoms with Crippen molar-refractivity contribution in [2.45, 2.75) is 31.7 Å². The summed E-state index contributed by atoms with van der Waals surface area (Å²) in [5, 5.41) is 2.44. The number of carbonyl (C=O) groups is 2. The maximum Gasteiger partial charge on any atom is 0.257 e. The molecule has 1 heterocycles. The number of amides is 2. The van der Waals surface area contributed by atoms with Crippen molar-refractivity contribution in [3.63, 3.8) is 0 Å². The highest BCUT2D eigenvalue weighted by molar-refractivity contribution is 7.89. The molecule has 0 radical (unpaired) electrons. The highest BCUT2D eigenvalue weighted by Gasteiger charge is 2.35. The first-order valence-electron chi connectivity index (χ1n) is 10.6. The van der Waals surface area contributed by atoms with E-state index in [2.05, 4.69) is 5.32 Å². The number of benzene rings is 2. The summed E-state index contributed by atoms with van der Waals surface area (Å²) < 4.78 is 55.0. The van der Waals surface area contributed by atoms with E-state index in [1.165, 1.54) is 9.21 Å². The van der Waals surface area contributed by atoms with Crippen molar-refractivity contribution in [2.75, 3.05) is 26.2 Å². The first-order valence-corrected chi connectivity index (χ1v) is 12.1. The molecule has 1 atom stereocenters. The number of carbonyl (C=O) groups excluding carboxylic acids is 2. The maximum atomic E-state index is 14.0. The number of piperazine rings is 1. The van der Waals surface area contributed by atoms with E-state index in [1.54, 1.807) is 38.1 Å². The summed E-state index contributed by atoms with van der Waals surface area (Å²) in [6, 6.07) is 8.62. The quantitative estimate of drug-likeness (QED) is 0.690. The molecule has 0 aliphatic carbocycles. The normalized spacial score (nSPS) is 16.0. The van der Waals surface area contributed by atoms with Crippen molar-refractivity contribution in [2.24, 2.45) is 5.92 Å². The molecule has 1 aliphatic rings. The lowest BCUT2D eigenvalue weighted by atomic mass is 10.0. The third-order valence-electron chi connectivity index (χ3n) is 5.62. The van der Waals surface area contributed by atoms with Gasteiger partial charge in [0.25, 0.3) is 5.91 Å². The molecule has 1 aliphatic heterocycles. The Hall–Kier alpha value is -2.85. The molecule has 1 saturated heterocycles. The van der Waals surface area contributed by atoms with E-state index in [-0.39, 0.29) is 37.0 Å². The zero-order valence-electron chi connectivity index (χ0n) is 18.7. The number of nitrogens with one attached hydrogen (secondary N) is 1. The zero-order valence-corrected chi connectivity index (χ0v) is 19.5. The fourth-order valence-electron chi connectivity index (χ4n) is 3.65. The Morgan fingerprint density at radius 3 is 2.00 bits per heavy atom. The molecule has 0 saturated carbocycles. The number of aryl methyl sites for hydroxylation is 1. The Labute approximate surface area is 192 Å². The van der Waals surface area contributed by atoms with Gasteiger partial charge in [-0.1, -0.05) is 37.6 Å². The van der Waals surface area contributed by atoms with E-state index < -0.39 is 45.1 Å². The van der Waals surface area contributed by atoms with Crippen molar-refractivity contribution < 1.29 is 26.8 Å². The van der Waals surface area contributed by atoms with Crippen molar-refractivity contribution >= 4 is 21.8 Å². The van der Waals surface area contributed by atoms with Crippen LogP contribution in [0.1, 0.15) is 29.8 Å². The summed E-state index contributed by atoms with van der Waals surface area (Å²) in [6.07, 6.45) is 0. The van der Waals surface area contributed by atoms with Crippen LogP contribution in [-0.2, 0) is 14.8 Å². The van der Waals surface area contributed by atoms with Gasteiger partial charge in [-0.05, 0) is 37.1 Å². The van der Waals surface area contributed by atoms with Crippen molar-refractivity contribution in [3.8, 4) is 0 Å². The Balaban J connectivity index is 1.68. The number of hydrogen-bond donors (Lipinski definition) is 1. The van der Waals surface area contributed by atoms with Crippen LogP contribution in [0.5, 0.6) is 0 Å². The molecule has 2 amide bonds. The minimum Gasteiger partial charge on any atom is -0.340 e. The van der Waals surface area contributed by atoms with Crippen LogP contribution >= 0.6 is 0 Å². The molecule has 2 aromatic carbocycles.